The highest BCUT2D eigenvalue weighted by molar-refractivity contribution is 5.93. The molecule has 31 heavy (non-hydrogen) atoms. The zero-order valence-corrected chi connectivity index (χ0v) is 16.8. The van der Waals surface area contributed by atoms with Crippen molar-refractivity contribution in [1.29, 1.82) is 0 Å². The van der Waals surface area contributed by atoms with Gasteiger partial charge in [0, 0.05) is 19.2 Å². The number of halogens is 3. The monoisotopic (exact) mass is 430 g/mol. The summed E-state index contributed by atoms with van der Waals surface area (Å²) in [4.78, 5) is 26.2. The topological polar surface area (TPSA) is 62.6 Å². The summed E-state index contributed by atoms with van der Waals surface area (Å²) < 4.78 is 44.3. The first-order chi connectivity index (χ1) is 14.8. The number of carbonyl (C=O) groups is 2. The van der Waals surface area contributed by atoms with E-state index in [0.717, 1.165) is 17.7 Å². The van der Waals surface area contributed by atoms with Crippen molar-refractivity contribution >= 4 is 11.8 Å². The molecule has 1 aromatic heterocycles. The molecule has 5 nitrogen and oxygen atoms in total. The van der Waals surface area contributed by atoms with Crippen LogP contribution in [0.2, 0.25) is 0 Å². The van der Waals surface area contributed by atoms with Gasteiger partial charge in [0.15, 0.2) is 0 Å². The first-order valence-corrected chi connectivity index (χ1v) is 9.53. The molecule has 0 aliphatic heterocycles. The smallest absolute Gasteiger partial charge is 0.416 e. The van der Waals surface area contributed by atoms with Gasteiger partial charge < -0.3 is 14.6 Å². The number of alkyl halides is 3. The quantitative estimate of drug-likeness (QED) is 0.603. The SMILES string of the molecule is CNC(=O)c1ccc(CN(Cc2ccco2)C(=O)Cc2cccc(C(F)(F)F)c2)cc1. The second-order valence-electron chi connectivity index (χ2n) is 6.98. The summed E-state index contributed by atoms with van der Waals surface area (Å²) in [6.45, 7) is 0.383. The number of hydrogen-bond donors (Lipinski definition) is 1. The molecule has 0 atom stereocenters. The van der Waals surface area contributed by atoms with Crippen molar-refractivity contribution in [2.24, 2.45) is 0 Å². The van der Waals surface area contributed by atoms with E-state index in [-0.39, 0.29) is 36.9 Å². The Bertz CT molecular complexity index is 1030. The van der Waals surface area contributed by atoms with Gasteiger partial charge in [0.05, 0.1) is 24.8 Å². The van der Waals surface area contributed by atoms with E-state index in [4.69, 9.17) is 4.42 Å². The van der Waals surface area contributed by atoms with Crippen molar-refractivity contribution < 1.29 is 27.2 Å². The molecule has 8 heteroatoms. The lowest BCUT2D eigenvalue weighted by Gasteiger charge is -2.22. The molecule has 0 saturated heterocycles. The predicted octanol–water partition coefficient (Wildman–Crippen LogP) is 4.43. The second-order valence-corrected chi connectivity index (χ2v) is 6.98. The molecule has 0 fully saturated rings. The van der Waals surface area contributed by atoms with Gasteiger partial charge in [0.2, 0.25) is 5.91 Å². The van der Waals surface area contributed by atoms with E-state index in [2.05, 4.69) is 5.32 Å². The number of amides is 2. The lowest BCUT2D eigenvalue weighted by molar-refractivity contribution is -0.138. The average Bonchev–Trinajstić information content (AvgIpc) is 3.26. The zero-order valence-electron chi connectivity index (χ0n) is 16.8. The van der Waals surface area contributed by atoms with E-state index >= 15 is 0 Å². The predicted molar refractivity (Wildman–Crippen MR) is 108 cm³/mol. The normalized spacial score (nSPS) is 11.2. The molecular weight excluding hydrogens is 409 g/mol. The lowest BCUT2D eigenvalue weighted by Crippen LogP contribution is -2.31. The minimum absolute atomic E-state index is 0.169. The van der Waals surface area contributed by atoms with Crippen LogP contribution in [0.3, 0.4) is 0 Å². The molecule has 0 saturated carbocycles. The summed E-state index contributed by atoms with van der Waals surface area (Å²) >= 11 is 0. The summed E-state index contributed by atoms with van der Waals surface area (Å²) in [5.41, 5.74) is 0.745. The molecule has 3 rings (SSSR count). The molecule has 3 aromatic rings. The summed E-state index contributed by atoms with van der Waals surface area (Å²) in [7, 11) is 1.54. The van der Waals surface area contributed by atoms with Gasteiger partial charge in [-0.15, -0.1) is 0 Å². The van der Waals surface area contributed by atoms with Crippen molar-refractivity contribution in [3.05, 3.63) is 94.9 Å². The maximum absolute atomic E-state index is 13.0. The van der Waals surface area contributed by atoms with E-state index in [1.165, 1.54) is 30.3 Å². The van der Waals surface area contributed by atoms with Gasteiger partial charge in [0.25, 0.3) is 5.91 Å². The molecular formula is C23H21F3N2O3. The molecule has 0 spiro atoms. The fourth-order valence-electron chi connectivity index (χ4n) is 3.09. The summed E-state index contributed by atoms with van der Waals surface area (Å²) in [6.07, 6.45) is -3.16. The average molecular weight is 430 g/mol. The highest BCUT2D eigenvalue weighted by Gasteiger charge is 2.30. The lowest BCUT2D eigenvalue weighted by atomic mass is 10.1. The number of nitrogens with zero attached hydrogens (tertiary/aromatic N) is 1. The molecule has 2 amide bonds. The van der Waals surface area contributed by atoms with E-state index in [1.54, 1.807) is 36.4 Å². The van der Waals surface area contributed by atoms with Crippen molar-refractivity contribution in [2.75, 3.05) is 7.05 Å². The Labute approximate surface area is 177 Å². The van der Waals surface area contributed by atoms with Gasteiger partial charge in [-0.2, -0.15) is 13.2 Å². The van der Waals surface area contributed by atoms with Gasteiger partial charge >= 0.3 is 6.18 Å². The van der Waals surface area contributed by atoms with Gasteiger partial charge in [-0.3, -0.25) is 9.59 Å². The Morgan fingerprint density at radius 3 is 2.32 bits per heavy atom. The van der Waals surface area contributed by atoms with Gasteiger partial charge in [-0.1, -0.05) is 30.3 Å². The van der Waals surface area contributed by atoms with Crippen LogP contribution >= 0.6 is 0 Å². The molecule has 0 unspecified atom stereocenters. The van der Waals surface area contributed by atoms with Crippen molar-refractivity contribution in [1.82, 2.24) is 10.2 Å². The van der Waals surface area contributed by atoms with Crippen LogP contribution in [0.25, 0.3) is 0 Å². The Kier molecular flexibility index (Phi) is 6.79. The minimum atomic E-state index is -4.47. The van der Waals surface area contributed by atoms with Crippen molar-refractivity contribution in [3.8, 4) is 0 Å². The number of benzene rings is 2. The maximum atomic E-state index is 13.0. The molecule has 0 aliphatic carbocycles. The Morgan fingerprint density at radius 1 is 0.968 bits per heavy atom. The first-order valence-electron chi connectivity index (χ1n) is 9.53. The first kappa shape index (κ1) is 22.1. The van der Waals surface area contributed by atoms with Gasteiger partial charge in [0.1, 0.15) is 5.76 Å². The summed E-state index contributed by atoms with van der Waals surface area (Å²) in [5, 5.41) is 2.54. The number of rotatable bonds is 7. The van der Waals surface area contributed by atoms with E-state index in [0.29, 0.717) is 11.3 Å². The number of hydrogen-bond acceptors (Lipinski definition) is 3. The fraction of sp³-hybridized carbons (Fsp3) is 0.217. The van der Waals surface area contributed by atoms with Crippen LogP contribution in [0.15, 0.2) is 71.3 Å². The molecule has 0 aliphatic rings. The third kappa shape index (κ3) is 5.97. The second kappa shape index (κ2) is 9.51. The molecule has 2 aromatic carbocycles. The van der Waals surface area contributed by atoms with Crippen molar-refractivity contribution in [2.45, 2.75) is 25.7 Å². The number of furan rings is 1. The molecule has 1 heterocycles. The Hall–Kier alpha value is -3.55. The third-order valence-electron chi connectivity index (χ3n) is 4.71. The van der Waals surface area contributed by atoms with Crippen LogP contribution in [0.5, 0.6) is 0 Å². The number of nitrogens with one attached hydrogen (secondary N) is 1. The van der Waals surface area contributed by atoms with E-state index in [1.807, 2.05) is 0 Å². The van der Waals surface area contributed by atoms with Crippen LogP contribution in [-0.4, -0.2) is 23.8 Å². The Morgan fingerprint density at radius 2 is 1.71 bits per heavy atom. The third-order valence-corrected chi connectivity index (χ3v) is 4.71. The Balaban J connectivity index is 1.78. The molecule has 162 valence electrons. The van der Waals surface area contributed by atoms with Crippen LogP contribution in [0.1, 0.15) is 32.8 Å². The zero-order chi connectivity index (χ0) is 22.4. The van der Waals surface area contributed by atoms with Gasteiger partial charge in [-0.25, -0.2) is 0 Å². The molecule has 1 N–H and O–H groups in total. The van der Waals surface area contributed by atoms with Crippen LogP contribution in [-0.2, 0) is 30.5 Å². The fourth-order valence-corrected chi connectivity index (χ4v) is 3.09. The standard InChI is InChI=1S/C23H21F3N2O3/c1-27-22(30)18-9-7-16(8-10-18)14-28(15-20-6-3-11-31-20)21(29)13-17-4-2-5-19(12-17)23(24,25)26/h2-12H,13-15H2,1H3,(H,27,30). The van der Waals surface area contributed by atoms with Crippen molar-refractivity contribution in [3.63, 3.8) is 0 Å². The minimum Gasteiger partial charge on any atom is -0.467 e. The van der Waals surface area contributed by atoms with Gasteiger partial charge in [-0.05, 0) is 41.5 Å². The van der Waals surface area contributed by atoms with Crippen LogP contribution < -0.4 is 5.32 Å². The summed E-state index contributed by atoms with van der Waals surface area (Å²) in [6, 6.07) is 14.9. The summed E-state index contributed by atoms with van der Waals surface area (Å²) in [5.74, 6) is -0.00918. The van der Waals surface area contributed by atoms with E-state index < -0.39 is 11.7 Å². The molecule has 0 radical (unpaired) electrons. The number of carbonyl (C=O) groups excluding carboxylic acids is 2. The van der Waals surface area contributed by atoms with Crippen LogP contribution in [0, 0.1) is 0 Å². The largest absolute Gasteiger partial charge is 0.467 e. The highest BCUT2D eigenvalue weighted by atomic mass is 19.4. The molecule has 0 bridgehead atoms. The van der Waals surface area contributed by atoms with E-state index in [9.17, 15) is 22.8 Å². The van der Waals surface area contributed by atoms with Crippen LogP contribution in [0.4, 0.5) is 13.2 Å². The maximum Gasteiger partial charge on any atom is 0.416 e. The highest BCUT2D eigenvalue weighted by Crippen LogP contribution is 2.29.